The maximum Gasteiger partial charge on any atom is 0.152 e. The monoisotopic (exact) mass is 186 g/mol. The Morgan fingerprint density at radius 1 is 1.56 bits per heavy atom. The van der Waals surface area contributed by atoms with E-state index in [0.29, 0.717) is 5.75 Å². The van der Waals surface area contributed by atoms with Gasteiger partial charge in [-0.15, -0.1) is 11.7 Å². The summed E-state index contributed by atoms with van der Waals surface area (Å²) in [5.74, 6) is 1.36. The molecule has 0 saturated carbocycles. The molecule has 0 aliphatic rings. The standard InChI is InChI=1S/C4H10O2S3/c5-9(6)4-2-1-3-8-7/h7H,1-4H2,(H,5,6). The van der Waals surface area contributed by atoms with Gasteiger partial charge in [0.2, 0.25) is 0 Å². The van der Waals surface area contributed by atoms with Crippen molar-refractivity contribution < 1.29 is 8.76 Å². The highest BCUT2D eigenvalue weighted by atomic mass is 33.1. The third-order valence-electron chi connectivity index (χ3n) is 0.805. The van der Waals surface area contributed by atoms with Gasteiger partial charge in [-0.2, -0.15) is 0 Å². The largest absolute Gasteiger partial charge is 0.306 e. The average Bonchev–Trinajstić information content (AvgIpc) is 1.80. The molecule has 0 rings (SSSR count). The van der Waals surface area contributed by atoms with Crippen molar-refractivity contribution in [2.75, 3.05) is 11.5 Å². The second-order valence-corrected chi connectivity index (χ2v) is 4.06. The van der Waals surface area contributed by atoms with E-state index in [9.17, 15) is 4.21 Å². The van der Waals surface area contributed by atoms with E-state index in [4.69, 9.17) is 4.55 Å². The van der Waals surface area contributed by atoms with Crippen LogP contribution in [0.15, 0.2) is 0 Å². The number of rotatable bonds is 5. The Kier molecular flexibility index (Phi) is 7.55. The van der Waals surface area contributed by atoms with Crippen LogP contribution in [0.5, 0.6) is 0 Å². The lowest BCUT2D eigenvalue weighted by Crippen LogP contribution is -1.94. The highest BCUT2D eigenvalue weighted by Crippen LogP contribution is 2.07. The SMILES string of the molecule is O=S(O)CCCCSS. The third kappa shape index (κ3) is 8.81. The van der Waals surface area contributed by atoms with E-state index in [2.05, 4.69) is 11.7 Å². The molecule has 1 atom stereocenters. The van der Waals surface area contributed by atoms with Gasteiger partial charge in [0.15, 0.2) is 11.1 Å². The zero-order valence-electron chi connectivity index (χ0n) is 4.95. The molecule has 0 aromatic carbocycles. The molecule has 56 valence electrons. The molecule has 0 bridgehead atoms. The second kappa shape index (κ2) is 6.92. The quantitative estimate of drug-likeness (QED) is 0.296. The minimum atomic E-state index is -1.60. The Bertz CT molecular complexity index is 85.9. The van der Waals surface area contributed by atoms with Crippen LogP contribution in [0.1, 0.15) is 12.8 Å². The molecular formula is C4H10O2S3. The number of unbranched alkanes of at least 4 members (excludes halogenated alkanes) is 1. The van der Waals surface area contributed by atoms with E-state index in [-0.39, 0.29) is 0 Å². The van der Waals surface area contributed by atoms with Gasteiger partial charge in [-0.25, -0.2) is 4.21 Å². The molecule has 0 amide bonds. The third-order valence-corrected chi connectivity index (χ3v) is 2.46. The summed E-state index contributed by atoms with van der Waals surface area (Å²) in [5, 5.41) is 0. The summed E-state index contributed by atoms with van der Waals surface area (Å²) in [7, 11) is 1.47. The minimum Gasteiger partial charge on any atom is -0.306 e. The molecule has 0 saturated heterocycles. The summed E-state index contributed by atoms with van der Waals surface area (Å²) < 4.78 is 18.3. The van der Waals surface area contributed by atoms with Crippen molar-refractivity contribution in [1.82, 2.24) is 0 Å². The van der Waals surface area contributed by atoms with E-state index < -0.39 is 11.1 Å². The lowest BCUT2D eigenvalue weighted by Gasteiger charge is -1.92. The minimum absolute atomic E-state index is 0.397. The molecular weight excluding hydrogens is 176 g/mol. The van der Waals surface area contributed by atoms with Crippen LogP contribution in [-0.2, 0) is 11.1 Å². The summed E-state index contributed by atoms with van der Waals surface area (Å²) >= 11 is 2.32. The van der Waals surface area contributed by atoms with Gasteiger partial charge in [-0.05, 0) is 12.8 Å². The van der Waals surface area contributed by atoms with E-state index in [1.54, 1.807) is 0 Å². The van der Waals surface area contributed by atoms with Crippen molar-refractivity contribution in [3.8, 4) is 0 Å². The van der Waals surface area contributed by atoms with Crippen molar-refractivity contribution in [3.63, 3.8) is 0 Å². The highest BCUT2D eigenvalue weighted by Gasteiger charge is 1.91. The second-order valence-electron chi connectivity index (χ2n) is 1.57. The molecule has 1 N–H and O–H groups in total. The smallest absolute Gasteiger partial charge is 0.152 e. The maximum atomic E-state index is 10.0. The van der Waals surface area contributed by atoms with Crippen LogP contribution in [0.4, 0.5) is 0 Å². The van der Waals surface area contributed by atoms with E-state index >= 15 is 0 Å². The summed E-state index contributed by atoms with van der Waals surface area (Å²) in [4.78, 5) is 0. The van der Waals surface area contributed by atoms with Crippen molar-refractivity contribution in [2.24, 2.45) is 0 Å². The molecule has 0 heterocycles. The molecule has 0 aliphatic heterocycles. The van der Waals surface area contributed by atoms with Gasteiger partial charge in [0.1, 0.15) is 0 Å². The van der Waals surface area contributed by atoms with Crippen LogP contribution in [0.3, 0.4) is 0 Å². The fourth-order valence-electron chi connectivity index (χ4n) is 0.392. The van der Waals surface area contributed by atoms with Crippen LogP contribution in [0, 0.1) is 0 Å². The van der Waals surface area contributed by atoms with Crippen LogP contribution in [0.25, 0.3) is 0 Å². The highest BCUT2D eigenvalue weighted by molar-refractivity contribution is 8.68. The normalized spacial score (nSPS) is 13.6. The van der Waals surface area contributed by atoms with Crippen molar-refractivity contribution in [1.29, 1.82) is 0 Å². The molecule has 0 aliphatic carbocycles. The number of thiol groups is 1. The first-order valence-corrected chi connectivity index (χ1v) is 5.92. The van der Waals surface area contributed by atoms with Crippen LogP contribution in [0.2, 0.25) is 0 Å². The van der Waals surface area contributed by atoms with Gasteiger partial charge in [0, 0.05) is 11.5 Å². The van der Waals surface area contributed by atoms with Crippen molar-refractivity contribution >= 4 is 33.5 Å². The van der Waals surface area contributed by atoms with Gasteiger partial charge >= 0.3 is 0 Å². The zero-order valence-corrected chi connectivity index (χ0v) is 7.48. The first-order valence-electron chi connectivity index (χ1n) is 2.61. The fourth-order valence-corrected chi connectivity index (χ4v) is 1.56. The van der Waals surface area contributed by atoms with E-state index in [1.165, 1.54) is 10.8 Å². The van der Waals surface area contributed by atoms with Crippen LogP contribution >= 0.6 is 22.5 Å². The molecule has 0 aromatic rings. The van der Waals surface area contributed by atoms with Crippen LogP contribution in [-0.4, -0.2) is 20.3 Å². The predicted molar refractivity (Wildman–Crippen MR) is 46.3 cm³/mol. The summed E-state index contributed by atoms with van der Waals surface area (Å²) in [6.07, 6.45) is 1.79. The first-order chi connectivity index (χ1) is 4.27. The topological polar surface area (TPSA) is 37.3 Å². The average molecular weight is 186 g/mol. The lowest BCUT2D eigenvalue weighted by atomic mass is 10.4. The van der Waals surface area contributed by atoms with Crippen LogP contribution < -0.4 is 0 Å². The van der Waals surface area contributed by atoms with Gasteiger partial charge in [-0.1, -0.05) is 10.8 Å². The summed E-state index contributed by atoms with van der Waals surface area (Å²) in [5.41, 5.74) is 0. The fraction of sp³-hybridized carbons (Fsp3) is 1.00. The maximum absolute atomic E-state index is 10.0. The number of hydrogen-bond acceptors (Lipinski definition) is 3. The van der Waals surface area contributed by atoms with Gasteiger partial charge in [0.25, 0.3) is 0 Å². The van der Waals surface area contributed by atoms with Gasteiger partial charge in [0.05, 0.1) is 0 Å². The Morgan fingerprint density at radius 3 is 2.67 bits per heavy atom. The molecule has 2 nitrogen and oxygen atoms in total. The predicted octanol–water partition coefficient (Wildman–Crippen LogP) is 1.57. The van der Waals surface area contributed by atoms with E-state index in [1.807, 2.05) is 0 Å². The van der Waals surface area contributed by atoms with Crippen molar-refractivity contribution in [3.05, 3.63) is 0 Å². The summed E-state index contributed by atoms with van der Waals surface area (Å²) in [6, 6.07) is 0. The Balaban J connectivity index is 2.83. The molecule has 0 spiro atoms. The zero-order chi connectivity index (χ0) is 7.11. The summed E-state index contributed by atoms with van der Waals surface area (Å²) in [6.45, 7) is 0. The first kappa shape index (κ1) is 9.81. The Morgan fingerprint density at radius 2 is 2.22 bits per heavy atom. The molecule has 0 fully saturated rings. The van der Waals surface area contributed by atoms with Crippen molar-refractivity contribution in [2.45, 2.75) is 12.8 Å². The number of hydrogen-bond donors (Lipinski definition) is 2. The molecule has 9 heavy (non-hydrogen) atoms. The Hall–Kier alpha value is 0.810. The molecule has 0 aromatic heterocycles. The lowest BCUT2D eigenvalue weighted by molar-refractivity contribution is 0.561. The Labute approximate surface area is 66.9 Å². The molecule has 0 radical (unpaired) electrons. The van der Waals surface area contributed by atoms with Gasteiger partial charge in [-0.3, -0.25) is 0 Å². The van der Waals surface area contributed by atoms with Gasteiger partial charge < -0.3 is 4.55 Å². The molecule has 5 heteroatoms. The van der Waals surface area contributed by atoms with E-state index in [0.717, 1.165) is 18.6 Å². The molecule has 1 unspecified atom stereocenters.